The van der Waals surface area contributed by atoms with Gasteiger partial charge < -0.3 is 11.1 Å². The molecule has 2 saturated carbocycles. The van der Waals surface area contributed by atoms with Gasteiger partial charge in [0.05, 0.1) is 23.3 Å². The van der Waals surface area contributed by atoms with Gasteiger partial charge in [0.15, 0.2) is 0 Å². The highest BCUT2D eigenvalue weighted by Crippen LogP contribution is 2.32. The van der Waals surface area contributed by atoms with Gasteiger partial charge in [-0.3, -0.25) is 22.9 Å². The zero-order valence-electron chi connectivity index (χ0n) is 34.6. The number of pyridine rings is 2. The highest BCUT2D eigenvalue weighted by atomic mass is 32.2. The van der Waals surface area contributed by atoms with E-state index in [1.807, 2.05) is 12.1 Å². The van der Waals surface area contributed by atoms with Crippen LogP contribution in [-0.4, -0.2) is 116 Å². The van der Waals surface area contributed by atoms with E-state index in [1.165, 1.54) is 39.6 Å². The fourth-order valence-electron chi connectivity index (χ4n) is 8.41. The number of nitrogens with two attached hydrogens (primary N) is 1. The number of hydrogen-bond donors (Lipinski definition) is 2. The Labute approximate surface area is 357 Å². The number of aromatic nitrogens is 6. The zero-order valence-corrected chi connectivity index (χ0v) is 37.0. The quantitative estimate of drug-likeness (QED) is 0.252. The van der Waals surface area contributed by atoms with Gasteiger partial charge in [0, 0.05) is 79.8 Å². The minimum atomic E-state index is -3.24. The topological polar surface area (TPSA) is 273 Å². The maximum Gasteiger partial charge on any atom is 0.270 e. The molecule has 0 aromatic carbocycles. The van der Waals surface area contributed by atoms with Crippen molar-refractivity contribution in [3.05, 3.63) is 56.4 Å². The number of piperidine rings is 2. The molecule has 4 aromatic rings. The second-order valence-corrected chi connectivity index (χ2v) is 21.3. The lowest BCUT2D eigenvalue weighted by Gasteiger charge is -2.31. The van der Waals surface area contributed by atoms with Crippen molar-refractivity contribution >= 4 is 58.9 Å². The van der Waals surface area contributed by atoms with E-state index >= 15 is 0 Å². The lowest BCUT2D eigenvalue weighted by atomic mass is 10.1. The molecule has 0 bridgehead atoms. The summed E-state index contributed by atoms with van der Waals surface area (Å²) in [4.78, 5) is 42.6. The third-order valence-electron chi connectivity index (χ3n) is 11.5. The van der Waals surface area contributed by atoms with Crippen LogP contribution in [0.25, 0.3) is 22.1 Å². The molecular weight excluding hydrogens is 845 g/mol. The Morgan fingerprint density at radius 1 is 0.721 bits per heavy atom. The summed E-state index contributed by atoms with van der Waals surface area (Å²) in [6.07, 6.45) is 18.3. The molecule has 4 aromatic heterocycles. The summed E-state index contributed by atoms with van der Waals surface area (Å²) in [6, 6.07) is 6.99. The third kappa shape index (κ3) is 11.0. The summed E-state index contributed by atoms with van der Waals surface area (Å²) in [5.41, 5.74) is 6.19. The fraction of sp³-hybridized carbons (Fsp3) is 0.590. The molecule has 2 aliphatic heterocycles. The first-order valence-corrected chi connectivity index (χ1v) is 25.6. The van der Waals surface area contributed by atoms with Crippen molar-refractivity contribution in [2.45, 2.75) is 106 Å². The van der Waals surface area contributed by atoms with E-state index in [0.29, 0.717) is 54.2 Å². The van der Waals surface area contributed by atoms with Gasteiger partial charge in [-0.2, -0.15) is 15.5 Å². The second-order valence-electron chi connectivity index (χ2n) is 16.1. The SMILES string of the molecule is CS(=O)(=O)N1CCC[C@H](N)C1.CS(=O)(=O)N1CCC[C@H](Nc2ncc3cc(C#N)c(=O)n(C4CCCC4)c3n2)C1.CS(=O)c1ncc2cc(C#N)c(=O)n(C3CCCC3)c2n1. The first-order chi connectivity index (χ1) is 29.0. The Bertz CT molecular complexity index is 2720. The lowest BCUT2D eigenvalue weighted by Crippen LogP contribution is -2.45. The van der Waals surface area contributed by atoms with Crippen LogP contribution in [0.1, 0.15) is 100 Å². The van der Waals surface area contributed by atoms with Crippen LogP contribution in [0.2, 0.25) is 0 Å². The number of nitrogens with one attached hydrogen (secondary N) is 1. The molecule has 61 heavy (non-hydrogen) atoms. The fourth-order valence-corrected chi connectivity index (χ4v) is 10.7. The highest BCUT2D eigenvalue weighted by molar-refractivity contribution is 7.88. The number of sulfonamides is 2. The highest BCUT2D eigenvalue weighted by Gasteiger charge is 2.28. The summed E-state index contributed by atoms with van der Waals surface area (Å²) in [5, 5.41) is 23.2. The number of anilines is 1. The van der Waals surface area contributed by atoms with Gasteiger partial charge in [-0.1, -0.05) is 25.7 Å². The summed E-state index contributed by atoms with van der Waals surface area (Å²) < 4.78 is 63.4. The molecule has 4 aliphatic rings. The summed E-state index contributed by atoms with van der Waals surface area (Å²) in [7, 11) is -7.56. The standard InChI is InChI=1S/C19H24N6O3S.C14H14N4O2S.C6H14N2O2S/c1-29(27,28)24-8-4-5-15(12-24)22-19-21-11-14-9-13(10-20)18(26)25(17(14)23-19)16-6-2-3-7-16;1-21(20)14-16-8-10-6-9(7-15)13(19)18(12(10)17-14)11-4-2-3-5-11;1-11(9,10)8-4-2-3-6(7)5-8/h9,11,15-16H,2-8,12H2,1H3,(H,21,22,23);6,8,11H,2-5H2,1H3;6H,2-5,7H2,1H3/t15-;;6-/m0.0/s1. The maximum absolute atomic E-state index is 12.8. The molecule has 8 rings (SSSR count). The van der Waals surface area contributed by atoms with Crippen LogP contribution in [-0.2, 0) is 30.8 Å². The minimum absolute atomic E-state index is 0.0264. The van der Waals surface area contributed by atoms with Crippen LogP contribution in [0.3, 0.4) is 0 Å². The van der Waals surface area contributed by atoms with Gasteiger partial charge in [-0.15, -0.1) is 0 Å². The Morgan fingerprint density at radius 2 is 1.20 bits per heavy atom. The molecule has 22 heteroatoms. The van der Waals surface area contributed by atoms with Crippen molar-refractivity contribution in [2.24, 2.45) is 5.73 Å². The molecule has 0 amide bonds. The molecule has 4 fully saturated rings. The van der Waals surface area contributed by atoms with Crippen molar-refractivity contribution in [3.8, 4) is 12.1 Å². The molecule has 3 atom stereocenters. The molecule has 3 N–H and O–H groups in total. The smallest absolute Gasteiger partial charge is 0.270 e. The predicted molar refractivity (Wildman–Crippen MR) is 231 cm³/mol. The van der Waals surface area contributed by atoms with E-state index in [4.69, 9.17) is 11.0 Å². The Hall–Kier alpha value is -4.71. The number of nitriles is 2. The first-order valence-electron chi connectivity index (χ1n) is 20.4. The summed E-state index contributed by atoms with van der Waals surface area (Å²) in [5.74, 6) is 0.369. The van der Waals surface area contributed by atoms with E-state index in [0.717, 1.165) is 77.0 Å². The second kappa shape index (κ2) is 19.6. The average Bonchev–Trinajstić information content (AvgIpc) is 3.96. The molecule has 0 radical (unpaired) electrons. The van der Waals surface area contributed by atoms with E-state index < -0.39 is 30.8 Å². The number of nitrogens with zero attached hydrogens (tertiary/aromatic N) is 10. The van der Waals surface area contributed by atoms with Crippen LogP contribution in [0.15, 0.2) is 39.3 Å². The molecule has 2 saturated heterocycles. The molecule has 2 aliphatic carbocycles. The lowest BCUT2D eigenvalue weighted by molar-refractivity contribution is 0.318. The van der Waals surface area contributed by atoms with Crippen LogP contribution >= 0.6 is 0 Å². The Kier molecular flexibility index (Phi) is 14.7. The zero-order chi connectivity index (χ0) is 44.1. The third-order valence-corrected chi connectivity index (χ3v) is 14.7. The van der Waals surface area contributed by atoms with Gasteiger partial charge in [0.25, 0.3) is 11.1 Å². The van der Waals surface area contributed by atoms with Gasteiger partial charge in [0.2, 0.25) is 31.2 Å². The number of rotatable bonds is 7. The predicted octanol–water partition coefficient (Wildman–Crippen LogP) is 2.50. The number of hydrogen-bond acceptors (Lipinski definition) is 15. The van der Waals surface area contributed by atoms with Gasteiger partial charge in [0.1, 0.15) is 34.6 Å². The van der Waals surface area contributed by atoms with Crippen molar-refractivity contribution in [2.75, 3.05) is 50.3 Å². The van der Waals surface area contributed by atoms with Crippen molar-refractivity contribution < 1.29 is 21.0 Å². The van der Waals surface area contributed by atoms with Crippen molar-refractivity contribution in [1.82, 2.24) is 37.7 Å². The molecular formula is C39H52N12O7S3. The van der Waals surface area contributed by atoms with Gasteiger partial charge >= 0.3 is 0 Å². The van der Waals surface area contributed by atoms with E-state index in [-0.39, 0.29) is 51.6 Å². The first kappa shape index (κ1) is 45.8. The molecule has 19 nitrogen and oxygen atoms in total. The summed E-state index contributed by atoms with van der Waals surface area (Å²) >= 11 is 0. The molecule has 1 unspecified atom stereocenters. The van der Waals surface area contributed by atoms with Crippen molar-refractivity contribution in [1.29, 1.82) is 10.5 Å². The van der Waals surface area contributed by atoms with Crippen LogP contribution in [0.4, 0.5) is 5.95 Å². The normalized spacial score (nSPS) is 21.1. The summed E-state index contributed by atoms with van der Waals surface area (Å²) in [6.45, 7) is 2.00. The number of fused-ring (bicyclic) bond motifs is 2. The minimum Gasteiger partial charge on any atom is -0.350 e. The van der Waals surface area contributed by atoms with Crippen LogP contribution in [0.5, 0.6) is 0 Å². The Balaban J connectivity index is 0.000000169. The van der Waals surface area contributed by atoms with Gasteiger partial charge in [-0.05, 0) is 63.5 Å². The molecule has 6 heterocycles. The van der Waals surface area contributed by atoms with Crippen LogP contribution in [0, 0.1) is 22.7 Å². The largest absolute Gasteiger partial charge is 0.350 e. The van der Waals surface area contributed by atoms with Crippen LogP contribution < -0.4 is 22.2 Å². The van der Waals surface area contributed by atoms with E-state index in [9.17, 15) is 35.9 Å². The van der Waals surface area contributed by atoms with E-state index in [1.54, 1.807) is 21.4 Å². The van der Waals surface area contributed by atoms with E-state index in [2.05, 4.69) is 25.3 Å². The average molecular weight is 897 g/mol. The molecule has 328 valence electrons. The van der Waals surface area contributed by atoms with Crippen molar-refractivity contribution in [3.63, 3.8) is 0 Å². The molecule has 0 spiro atoms. The van der Waals surface area contributed by atoms with Gasteiger partial charge in [-0.25, -0.2) is 40.4 Å². The monoisotopic (exact) mass is 896 g/mol. The maximum atomic E-state index is 12.8. The Morgan fingerprint density at radius 3 is 1.66 bits per heavy atom.